The van der Waals surface area contributed by atoms with Crippen molar-refractivity contribution in [1.29, 1.82) is 0 Å². The molecular formula is C13H20FN3O2S. The highest BCUT2D eigenvalue weighted by Crippen LogP contribution is 2.27. The second kappa shape index (κ2) is 5.31. The van der Waals surface area contributed by atoms with Gasteiger partial charge in [0.25, 0.3) is 0 Å². The molecule has 5 nitrogen and oxygen atoms in total. The minimum atomic E-state index is -3.82. The Labute approximate surface area is 119 Å². The molecule has 1 unspecified atom stereocenters. The number of anilines is 1. The fourth-order valence-corrected chi connectivity index (χ4v) is 3.93. The maximum atomic E-state index is 14.0. The van der Waals surface area contributed by atoms with Gasteiger partial charge in [0.1, 0.15) is 10.7 Å². The summed E-state index contributed by atoms with van der Waals surface area (Å²) in [5, 5.41) is 0. The molecule has 1 aliphatic heterocycles. The third-order valence-corrected chi connectivity index (χ3v) is 5.67. The van der Waals surface area contributed by atoms with E-state index in [2.05, 4.69) is 0 Å². The quantitative estimate of drug-likeness (QED) is 0.847. The average molecular weight is 301 g/mol. The normalized spacial score (nSPS) is 20.8. The predicted molar refractivity (Wildman–Crippen MR) is 76.4 cm³/mol. The van der Waals surface area contributed by atoms with Gasteiger partial charge in [-0.25, -0.2) is 12.8 Å². The van der Waals surface area contributed by atoms with E-state index in [0.29, 0.717) is 18.7 Å². The van der Waals surface area contributed by atoms with Gasteiger partial charge in [-0.3, -0.25) is 0 Å². The molecule has 2 N–H and O–H groups in total. The first-order chi connectivity index (χ1) is 9.23. The summed E-state index contributed by atoms with van der Waals surface area (Å²) in [7, 11) is -0.00746. The van der Waals surface area contributed by atoms with Crippen molar-refractivity contribution in [2.24, 2.45) is 0 Å². The first-order valence-electron chi connectivity index (χ1n) is 6.45. The standard InChI is InChI=1S/C13H20FN3O2S/c1-9-6-11(14)13(7-12(9)15)20(18,19)17-5-4-10(8-17)16(2)3/h6-7,10H,4-5,8,15H2,1-3H3. The van der Waals surface area contributed by atoms with Crippen molar-refractivity contribution in [1.82, 2.24) is 9.21 Å². The molecule has 0 bridgehead atoms. The number of hydrogen-bond donors (Lipinski definition) is 1. The third-order valence-electron chi connectivity index (χ3n) is 3.79. The highest BCUT2D eigenvalue weighted by Gasteiger charge is 2.35. The van der Waals surface area contributed by atoms with Crippen molar-refractivity contribution in [3.05, 3.63) is 23.5 Å². The predicted octanol–water partition coefficient (Wildman–Crippen LogP) is 1.04. The summed E-state index contributed by atoms with van der Waals surface area (Å²) in [5.41, 5.74) is 6.52. The number of hydrogen-bond acceptors (Lipinski definition) is 4. The fraction of sp³-hybridized carbons (Fsp3) is 0.538. The van der Waals surface area contributed by atoms with Crippen LogP contribution in [0.2, 0.25) is 0 Å². The summed E-state index contributed by atoms with van der Waals surface area (Å²) < 4.78 is 40.3. The lowest BCUT2D eigenvalue weighted by molar-refractivity contribution is 0.302. The fourth-order valence-electron chi connectivity index (χ4n) is 2.36. The number of likely N-dealkylation sites (N-methyl/N-ethyl adjacent to an activating group) is 1. The Kier molecular flexibility index (Phi) is 4.04. The van der Waals surface area contributed by atoms with Crippen LogP contribution in [0.1, 0.15) is 12.0 Å². The smallest absolute Gasteiger partial charge is 0.246 e. The van der Waals surface area contributed by atoms with Gasteiger partial charge in [-0.15, -0.1) is 0 Å². The van der Waals surface area contributed by atoms with Gasteiger partial charge in [0.2, 0.25) is 10.0 Å². The van der Waals surface area contributed by atoms with Gasteiger partial charge in [0.15, 0.2) is 0 Å². The van der Waals surface area contributed by atoms with E-state index < -0.39 is 15.8 Å². The SMILES string of the molecule is Cc1cc(F)c(S(=O)(=O)N2CCC(N(C)C)C2)cc1N. The Balaban J connectivity index is 2.35. The number of halogens is 1. The van der Waals surface area contributed by atoms with Crippen LogP contribution in [0.15, 0.2) is 17.0 Å². The molecule has 7 heteroatoms. The molecule has 0 saturated carbocycles. The number of nitrogen functional groups attached to an aromatic ring is 1. The molecule has 0 aliphatic carbocycles. The summed E-state index contributed by atoms with van der Waals surface area (Å²) in [6.45, 7) is 2.42. The molecule has 2 rings (SSSR count). The Morgan fingerprint density at radius 2 is 2.05 bits per heavy atom. The van der Waals surface area contributed by atoms with Gasteiger partial charge >= 0.3 is 0 Å². The summed E-state index contributed by atoms with van der Waals surface area (Å²) in [6, 6.07) is 2.54. The highest BCUT2D eigenvalue weighted by atomic mass is 32.2. The van der Waals surface area contributed by atoms with E-state index >= 15 is 0 Å². The van der Waals surface area contributed by atoms with Crippen LogP contribution in [0.4, 0.5) is 10.1 Å². The number of nitrogens with two attached hydrogens (primary N) is 1. The van der Waals surface area contributed by atoms with Gasteiger partial charge in [0, 0.05) is 24.8 Å². The van der Waals surface area contributed by atoms with E-state index in [4.69, 9.17) is 5.73 Å². The van der Waals surface area contributed by atoms with Gasteiger partial charge in [0.05, 0.1) is 0 Å². The number of rotatable bonds is 3. The molecule has 20 heavy (non-hydrogen) atoms. The van der Waals surface area contributed by atoms with E-state index in [0.717, 1.165) is 6.42 Å². The van der Waals surface area contributed by atoms with Crippen LogP contribution < -0.4 is 5.73 Å². The second-order valence-corrected chi connectivity index (χ2v) is 7.31. The molecule has 0 aromatic heterocycles. The lowest BCUT2D eigenvalue weighted by atomic mass is 10.2. The van der Waals surface area contributed by atoms with Crippen molar-refractivity contribution in [2.45, 2.75) is 24.3 Å². The molecular weight excluding hydrogens is 281 g/mol. The first kappa shape index (κ1) is 15.2. The van der Waals surface area contributed by atoms with E-state index in [9.17, 15) is 12.8 Å². The maximum Gasteiger partial charge on any atom is 0.246 e. The van der Waals surface area contributed by atoms with Crippen LogP contribution in [-0.4, -0.2) is 50.8 Å². The van der Waals surface area contributed by atoms with Gasteiger partial charge in [-0.05, 0) is 45.1 Å². The van der Waals surface area contributed by atoms with Crippen molar-refractivity contribution < 1.29 is 12.8 Å². The van der Waals surface area contributed by atoms with Crippen molar-refractivity contribution in [3.63, 3.8) is 0 Å². The lowest BCUT2D eigenvalue weighted by Gasteiger charge is -2.20. The lowest BCUT2D eigenvalue weighted by Crippen LogP contribution is -2.34. The molecule has 1 aromatic rings. The molecule has 1 aromatic carbocycles. The minimum Gasteiger partial charge on any atom is -0.398 e. The monoisotopic (exact) mass is 301 g/mol. The van der Waals surface area contributed by atoms with E-state index in [1.54, 1.807) is 6.92 Å². The van der Waals surface area contributed by atoms with E-state index in [1.807, 2.05) is 19.0 Å². The van der Waals surface area contributed by atoms with Gasteiger partial charge < -0.3 is 10.6 Å². The third kappa shape index (κ3) is 2.65. The summed E-state index contributed by atoms with van der Waals surface area (Å²) in [5.74, 6) is -0.745. The van der Waals surface area contributed by atoms with Crippen LogP contribution >= 0.6 is 0 Å². The van der Waals surface area contributed by atoms with E-state index in [-0.39, 0.29) is 16.6 Å². The summed E-state index contributed by atoms with van der Waals surface area (Å²) >= 11 is 0. The average Bonchev–Trinajstić information content (AvgIpc) is 2.83. The molecule has 1 fully saturated rings. The zero-order valence-corrected chi connectivity index (χ0v) is 12.7. The van der Waals surface area contributed by atoms with E-state index in [1.165, 1.54) is 16.4 Å². The van der Waals surface area contributed by atoms with Gasteiger partial charge in [-0.1, -0.05) is 0 Å². The summed E-state index contributed by atoms with van der Waals surface area (Å²) in [4.78, 5) is 1.65. The molecule has 112 valence electrons. The van der Waals surface area contributed by atoms with Crippen molar-refractivity contribution >= 4 is 15.7 Å². The molecule has 0 amide bonds. The minimum absolute atomic E-state index is 0.163. The first-order valence-corrected chi connectivity index (χ1v) is 7.89. The zero-order valence-electron chi connectivity index (χ0n) is 11.9. The summed E-state index contributed by atoms with van der Waals surface area (Å²) in [6.07, 6.45) is 0.745. The van der Waals surface area contributed by atoms with Crippen LogP contribution in [-0.2, 0) is 10.0 Å². The zero-order chi connectivity index (χ0) is 15.1. The number of nitrogens with zero attached hydrogens (tertiary/aromatic N) is 2. The Hall–Kier alpha value is -1.18. The Morgan fingerprint density at radius 1 is 1.40 bits per heavy atom. The van der Waals surface area contributed by atoms with Gasteiger partial charge in [-0.2, -0.15) is 4.31 Å². The molecule has 1 heterocycles. The van der Waals surface area contributed by atoms with Crippen molar-refractivity contribution in [2.75, 3.05) is 32.9 Å². The molecule has 1 aliphatic rings. The van der Waals surface area contributed by atoms with Crippen molar-refractivity contribution in [3.8, 4) is 0 Å². The second-order valence-electron chi connectivity index (χ2n) is 5.41. The molecule has 1 saturated heterocycles. The van der Waals surface area contributed by atoms with Crippen LogP contribution in [0.25, 0.3) is 0 Å². The van der Waals surface area contributed by atoms with Crippen LogP contribution in [0, 0.1) is 12.7 Å². The number of aryl methyl sites for hydroxylation is 1. The Morgan fingerprint density at radius 3 is 2.60 bits per heavy atom. The molecule has 0 spiro atoms. The largest absolute Gasteiger partial charge is 0.398 e. The molecule has 0 radical (unpaired) electrons. The van der Waals surface area contributed by atoms with Crippen LogP contribution in [0.5, 0.6) is 0 Å². The topological polar surface area (TPSA) is 66.6 Å². The maximum absolute atomic E-state index is 14.0. The Bertz CT molecular complexity index is 616. The van der Waals surface area contributed by atoms with Crippen LogP contribution in [0.3, 0.4) is 0 Å². The molecule has 1 atom stereocenters. The number of sulfonamides is 1. The highest BCUT2D eigenvalue weighted by molar-refractivity contribution is 7.89. The number of benzene rings is 1.